The molecule has 0 saturated carbocycles. The molecule has 5 nitrogen and oxygen atoms in total. The Kier molecular flexibility index (Phi) is 7.54. The van der Waals surface area contributed by atoms with Crippen molar-refractivity contribution in [3.05, 3.63) is 41.1 Å². The SMILES string of the molecule is CC(C)Cc1cc(C(=S)N(C)CC(=O)OCCO)c2cccc(C(F)(F)F)c2n1. The molecule has 0 unspecified atom stereocenters. The molecule has 0 atom stereocenters. The van der Waals surface area contributed by atoms with Crippen molar-refractivity contribution in [3.63, 3.8) is 0 Å². The van der Waals surface area contributed by atoms with E-state index in [-0.39, 0.29) is 41.6 Å². The molecule has 0 radical (unpaired) electrons. The lowest BCUT2D eigenvalue weighted by atomic mass is 10.00. The molecule has 0 saturated heterocycles. The molecule has 0 aliphatic heterocycles. The Morgan fingerprint density at radius 1 is 1.34 bits per heavy atom. The number of fused-ring (bicyclic) bond motifs is 1. The number of carbonyl (C=O) groups excluding carboxylic acids is 1. The van der Waals surface area contributed by atoms with Crippen LogP contribution < -0.4 is 0 Å². The van der Waals surface area contributed by atoms with Gasteiger partial charge in [-0.3, -0.25) is 9.78 Å². The summed E-state index contributed by atoms with van der Waals surface area (Å²) in [7, 11) is 1.56. The number of aromatic nitrogens is 1. The van der Waals surface area contributed by atoms with Crippen molar-refractivity contribution in [2.75, 3.05) is 26.8 Å². The van der Waals surface area contributed by atoms with Crippen LogP contribution in [0.2, 0.25) is 0 Å². The molecule has 1 aromatic carbocycles. The summed E-state index contributed by atoms with van der Waals surface area (Å²) in [5, 5.41) is 9.00. The van der Waals surface area contributed by atoms with Gasteiger partial charge in [0.15, 0.2) is 0 Å². The number of ether oxygens (including phenoxy) is 1. The van der Waals surface area contributed by atoms with Gasteiger partial charge in [0.25, 0.3) is 0 Å². The van der Waals surface area contributed by atoms with Crippen LogP contribution >= 0.6 is 12.2 Å². The molecule has 1 heterocycles. The second-order valence-electron chi connectivity index (χ2n) is 7.06. The number of esters is 1. The van der Waals surface area contributed by atoms with Gasteiger partial charge in [0, 0.05) is 23.7 Å². The molecule has 0 aliphatic carbocycles. The zero-order valence-corrected chi connectivity index (χ0v) is 17.2. The highest BCUT2D eigenvalue weighted by Gasteiger charge is 2.34. The first kappa shape index (κ1) is 23.0. The third-order valence-corrected chi connectivity index (χ3v) is 4.64. The minimum atomic E-state index is -4.55. The van der Waals surface area contributed by atoms with Gasteiger partial charge in [0.1, 0.15) is 18.1 Å². The fourth-order valence-electron chi connectivity index (χ4n) is 2.91. The number of halogens is 3. The molecule has 29 heavy (non-hydrogen) atoms. The van der Waals surface area contributed by atoms with Gasteiger partial charge in [-0.25, -0.2) is 0 Å². The maximum absolute atomic E-state index is 13.5. The normalized spacial score (nSPS) is 11.7. The predicted molar refractivity (Wildman–Crippen MR) is 108 cm³/mol. The summed E-state index contributed by atoms with van der Waals surface area (Å²) in [6.07, 6.45) is -4.07. The highest BCUT2D eigenvalue weighted by atomic mass is 32.1. The number of pyridine rings is 1. The zero-order valence-electron chi connectivity index (χ0n) is 16.4. The van der Waals surface area contributed by atoms with Crippen LogP contribution in [0.4, 0.5) is 13.2 Å². The van der Waals surface area contributed by atoms with Crippen LogP contribution in [0.1, 0.15) is 30.7 Å². The van der Waals surface area contributed by atoms with Crippen LogP contribution in [0, 0.1) is 5.92 Å². The van der Waals surface area contributed by atoms with E-state index in [1.54, 1.807) is 13.1 Å². The molecular formula is C20H23F3N2O3S. The third kappa shape index (κ3) is 5.86. The average molecular weight is 428 g/mol. The van der Waals surface area contributed by atoms with E-state index in [0.29, 0.717) is 17.7 Å². The second kappa shape index (κ2) is 9.49. The number of likely N-dealkylation sites (N-methyl/N-ethyl adjacent to an activating group) is 1. The number of rotatable bonds is 7. The molecular weight excluding hydrogens is 405 g/mol. The summed E-state index contributed by atoms with van der Waals surface area (Å²) >= 11 is 5.47. The fourth-order valence-corrected chi connectivity index (χ4v) is 3.14. The van der Waals surface area contributed by atoms with Crippen LogP contribution in [-0.4, -0.2) is 52.8 Å². The summed E-state index contributed by atoms with van der Waals surface area (Å²) in [6.45, 7) is 3.27. The van der Waals surface area contributed by atoms with Gasteiger partial charge in [0.2, 0.25) is 0 Å². The molecule has 1 aromatic heterocycles. The molecule has 2 aromatic rings. The summed E-state index contributed by atoms with van der Waals surface area (Å²) in [5.74, 6) is -0.411. The maximum Gasteiger partial charge on any atom is 0.418 e. The molecule has 0 fully saturated rings. The largest absolute Gasteiger partial charge is 0.462 e. The van der Waals surface area contributed by atoms with Crippen molar-refractivity contribution in [2.45, 2.75) is 26.4 Å². The highest BCUT2D eigenvalue weighted by molar-refractivity contribution is 7.80. The first-order chi connectivity index (χ1) is 13.5. The Hall–Kier alpha value is -2.26. The minimum Gasteiger partial charge on any atom is -0.462 e. The van der Waals surface area contributed by atoms with E-state index in [4.69, 9.17) is 22.1 Å². The van der Waals surface area contributed by atoms with Crippen LogP contribution in [0.15, 0.2) is 24.3 Å². The number of aliphatic hydroxyl groups excluding tert-OH is 1. The maximum atomic E-state index is 13.5. The van der Waals surface area contributed by atoms with Crippen molar-refractivity contribution in [1.29, 1.82) is 0 Å². The first-order valence-electron chi connectivity index (χ1n) is 9.06. The van der Waals surface area contributed by atoms with Gasteiger partial charge < -0.3 is 14.7 Å². The number of hydrogen-bond donors (Lipinski definition) is 1. The smallest absolute Gasteiger partial charge is 0.418 e. The summed E-state index contributed by atoms with van der Waals surface area (Å²) in [4.78, 5) is 17.7. The van der Waals surface area contributed by atoms with Gasteiger partial charge in [-0.1, -0.05) is 38.2 Å². The molecule has 0 aliphatic rings. The van der Waals surface area contributed by atoms with Gasteiger partial charge in [-0.15, -0.1) is 0 Å². The standard InChI is InChI=1S/C20H23F3N2O3S/c1-12(2)9-13-10-15(19(29)25(3)11-17(27)28-8-7-26)14-5-4-6-16(18(14)24-13)20(21,22)23/h4-6,10,12,26H,7-9,11H2,1-3H3. The summed E-state index contributed by atoms with van der Waals surface area (Å²) in [5.41, 5.74) is -0.0802. The Morgan fingerprint density at radius 3 is 2.62 bits per heavy atom. The minimum absolute atomic E-state index is 0.134. The van der Waals surface area contributed by atoms with E-state index in [1.807, 2.05) is 13.8 Å². The lowest BCUT2D eigenvalue weighted by Gasteiger charge is -2.22. The van der Waals surface area contributed by atoms with E-state index in [2.05, 4.69) is 4.98 Å². The molecule has 1 N–H and O–H groups in total. The highest BCUT2D eigenvalue weighted by Crippen LogP contribution is 2.35. The first-order valence-corrected chi connectivity index (χ1v) is 9.47. The number of hydrogen-bond acceptors (Lipinski definition) is 5. The van der Waals surface area contributed by atoms with Crippen LogP contribution in [-0.2, 0) is 22.1 Å². The van der Waals surface area contributed by atoms with E-state index < -0.39 is 17.7 Å². The van der Waals surface area contributed by atoms with E-state index >= 15 is 0 Å². The van der Waals surface area contributed by atoms with Gasteiger partial charge in [0.05, 0.1) is 17.7 Å². The molecule has 2 rings (SSSR count). The van der Waals surface area contributed by atoms with Crippen LogP contribution in [0.5, 0.6) is 0 Å². The number of benzene rings is 1. The number of thiocarbonyl (C=S) groups is 1. The lowest BCUT2D eigenvalue weighted by Crippen LogP contribution is -2.33. The number of carbonyl (C=O) groups is 1. The third-order valence-electron chi connectivity index (χ3n) is 4.11. The van der Waals surface area contributed by atoms with Crippen molar-refractivity contribution in [1.82, 2.24) is 9.88 Å². The van der Waals surface area contributed by atoms with Crippen molar-refractivity contribution in [2.24, 2.45) is 5.92 Å². The van der Waals surface area contributed by atoms with Gasteiger partial charge in [-0.2, -0.15) is 13.2 Å². The van der Waals surface area contributed by atoms with Gasteiger partial charge in [-0.05, 0) is 24.5 Å². The summed E-state index contributed by atoms with van der Waals surface area (Å²) in [6, 6.07) is 5.53. The fraction of sp³-hybridized carbons (Fsp3) is 0.450. The Bertz CT molecular complexity index is 900. The number of aliphatic hydroxyl groups is 1. The summed E-state index contributed by atoms with van der Waals surface area (Å²) < 4.78 is 45.4. The van der Waals surface area contributed by atoms with Crippen molar-refractivity contribution < 1.29 is 27.8 Å². The monoisotopic (exact) mass is 428 g/mol. The number of para-hydroxylation sites is 1. The zero-order chi connectivity index (χ0) is 21.8. The van der Waals surface area contributed by atoms with Gasteiger partial charge >= 0.3 is 12.1 Å². The molecule has 0 spiro atoms. The molecule has 9 heteroatoms. The quantitative estimate of drug-likeness (QED) is 0.537. The Morgan fingerprint density at radius 2 is 2.03 bits per heavy atom. The van der Waals surface area contributed by atoms with E-state index in [1.165, 1.54) is 17.0 Å². The average Bonchev–Trinajstić information content (AvgIpc) is 2.63. The lowest BCUT2D eigenvalue weighted by molar-refractivity contribution is -0.144. The Labute approximate surface area is 172 Å². The van der Waals surface area contributed by atoms with E-state index in [9.17, 15) is 18.0 Å². The number of alkyl halides is 3. The van der Waals surface area contributed by atoms with Crippen LogP contribution in [0.3, 0.4) is 0 Å². The molecule has 158 valence electrons. The van der Waals surface area contributed by atoms with Crippen LogP contribution in [0.25, 0.3) is 10.9 Å². The Balaban J connectivity index is 2.53. The molecule has 0 bridgehead atoms. The topological polar surface area (TPSA) is 62.7 Å². The molecule has 0 amide bonds. The predicted octanol–water partition coefficient (Wildman–Crippen LogP) is 3.59. The number of nitrogens with zero attached hydrogens (tertiary/aromatic N) is 2. The van der Waals surface area contributed by atoms with Crippen molar-refractivity contribution >= 4 is 34.1 Å². The van der Waals surface area contributed by atoms with Crippen molar-refractivity contribution in [3.8, 4) is 0 Å². The van der Waals surface area contributed by atoms with E-state index in [0.717, 1.165) is 6.07 Å². The second-order valence-corrected chi connectivity index (χ2v) is 7.45.